The molecular formula is C54H54O22. The number of carbonyl (C=O) groups is 8. The highest BCUT2D eigenvalue weighted by molar-refractivity contribution is 5.91. The van der Waals surface area contributed by atoms with Crippen molar-refractivity contribution in [1.29, 1.82) is 0 Å². The molecule has 0 saturated heterocycles. The summed E-state index contributed by atoms with van der Waals surface area (Å²) < 4.78 is 76.3. The van der Waals surface area contributed by atoms with Gasteiger partial charge in [0.05, 0.1) is 0 Å². The molecule has 0 saturated carbocycles. The van der Waals surface area contributed by atoms with E-state index in [9.17, 15) is 38.4 Å². The first-order chi connectivity index (χ1) is 36.7. The minimum absolute atomic E-state index is 0.00843. The van der Waals surface area contributed by atoms with E-state index in [4.69, 9.17) is 66.3 Å². The number of rotatable bonds is 36. The van der Waals surface area contributed by atoms with Gasteiger partial charge in [-0.2, -0.15) is 0 Å². The van der Waals surface area contributed by atoms with Crippen LogP contribution in [0.5, 0.6) is 46.0 Å². The van der Waals surface area contributed by atoms with Gasteiger partial charge in [-0.1, -0.05) is 39.5 Å². The predicted octanol–water partition coefficient (Wildman–Crippen LogP) is 5.57. The van der Waals surface area contributed by atoms with Gasteiger partial charge in [0.2, 0.25) is 11.5 Å². The van der Waals surface area contributed by atoms with Crippen LogP contribution in [0.3, 0.4) is 0 Å². The maximum Gasteiger partial charge on any atom is 0.336 e. The van der Waals surface area contributed by atoms with Gasteiger partial charge in [-0.05, 0) is 60.7 Å². The van der Waals surface area contributed by atoms with E-state index in [-0.39, 0.29) is 136 Å². The smallest absolute Gasteiger partial charge is 0.336 e. The molecule has 22 heteroatoms. The van der Waals surface area contributed by atoms with E-state index >= 15 is 0 Å². The van der Waals surface area contributed by atoms with Crippen LogP contribution in [0.2, 0.25) is 0 Å². The van der Waals surface area contributed by atoms with Gasteiger partial charge in [-0.15, -0.1) is 0 Å². The van der Waals surface area contributed by atoms with Crippen LogP contribution in [0.25, 0.3) is 12.2 Å². The third-order valence-electron chi connectivity index (χ3n) is 8.74. The third kappa shape index (κ3) is 22.7. The van der Waals surface area contributed by atoms with Crippen LogP contribution in [-0.4, -0.2) is 127 Å². The zero-order valence-electron chi connectivity index (χ0n) is 41.1. The molecule has 0 aromatic heterocycles. The molecule has 0 aliphatic heterocycles. The maximum atomic E-state index is 13.1. The number of carbonyl (C=O) groups excluding carboxylic acids is 8. The zero-order valence-corrected chi connectivity index (χ0v) is 41.1. The molecule has 0 unspecified atom stereocenters. The van der Waals surface area contributed by atoms with Crippen LogP contribution in [0.4, 0.5) is 0 Å². The van der Waals surface area contributed by atoms with Gasteiger partial charge in [-0.25, -0.2) is 38.4 Å². The Kier molecular flexibility index (Phi) is 27.4. The molecule has 0 N–H and O–H groups in total. The van der Waals surface area contributed by atoms with Gasteiger partial charge in [0, 0.05) is 59.7 Å². The Balaban J connectivity index is 1.83. The highest BCUT2D eigenvalue weighted by Crippen LogP contribution is 2.42. The number of benzene rings is 3. The van der Waals surface area contributed by atoms with E-state index in [1.54, 1.807) is 0 Å². The van der Waals surface area contributed by atoms with Gasteiger partial charge >= 0.3 is 47.8 Å². The fourth-order valence-electron chi connectivity index (χ4n) is 5.46. The number of ether oxygens (including phenoxy) is 14. The molecule has 0 fully saturated rings. The Morgan fingerprint density at radius 2 is 0.553 bits per heavy atom. The quantitative estimate of drug-likeness (QED) is 0.0226. The lowest BCUT2D eigenvalue weighted by Gasteiger charge is -2.19. The first-order valence-corrected chi connectivity index (χ1v) is 22.5. The third-order valence-corrected chi connectivity index (χ3v) is 8.74. The number of hydrogen-bond acceptors (Lipinski definition) is 22. The van der Waals surface area contributed by atoms with Crippen molar-refractivity contribution in [3.05, 3.63) is 148 Å². The first-order valence-electron chi connectivity index (χ1n) is 22.5. The van der Waals surface area contributed by atoms with Crippen LogP contribution in [0, 0.1) is 0 Å². The second-order valence-corrected chi connectivity index (χ2v) is 13.9. The lowest BCUT2D eigenvalue weighted by Crippen LogP contribution is -2.15. The summed E-state index contributed by atoms with van der Waals surface area (Å²) in [6.45, 7) is 17.8. The fraction of sp³-hybridized carbons (Fsp3) is 0.222. The average Bonchev–Trinajstić information content (AvgIpc) is 3.43. The van der Waals surface area contributed by atoms with Crippen molar-refractivity contribution in [2.75, 3.05) is 79.3 Å². The Morgan fingerprint density at radius 1 is 0.303 bits per heavy atom. The average molecular weight is 1060 g/mol. The lowest BCUT2D eigenvalue weighted by atomic mass is 10.1. The highest BCUT2D eigenvalue weighted by atomic mass is 16.6. The van der Waals surface area contributed by atoms with Crippen LogP contribution < -0.4 is 37.9 Å². The molecule has 3 aromatic carbocycles. The van der Waals surface area contributed by atoms with Crippen molar-refractivity contribution in [2.24, 2.45) is 0 Å². The van der Waals surface area contributed by atoms with Gasteiger partial charge in [0.1, 0.15) is 90.8 Å². The molecule has 0 atom stereocenters. The zero-order chi connectivity index (χ0) is 55.5. The molecule has 0 spiro atoms. The SMILES string of the molecule is C=CC(=O)OCCOc1ccc(/C=C/C(=O)Oc2ccc(OC(=O)/C=C/c3ccc(OCCOC(=O)C=C)c(OCCOC(=O)C=C)c3OCCOC(=O)C=C)cc2)c(OCCOC(=O)C=C)c1OCCOC(=O)C=C. The molecule has 22 nitrogen and oxygen atoms in total. The van der Waals surface area contributed by atoms with Crippen molar-refractivity contribution in [2.45, 2.75) is 0 Å². The van der Waals surface area contributed by atoms with Crippen molar-refractivity contribution < 1.29 is 105 Å². The summed E-state index contributed by atoms with van der Waals surface area (Å²) in [7, 11) is 0. The summed E-state index contributed by atoms with van der Waals surface area (Å²) in [6.07, 6.45) is 10.7. The van der Waals surface area contributed by atoms with E-state index in [2.05, 4.69) is 39.5 Å². The molecule has 0 heterocycles. The Labute approximate surface area is 436 Å². The standard InChI is InChI=1S/C54H54O22/c1-7-43(55)65-27-25-63-41-21-13-37(51(71-33-29-67-45(57)9-3)53(41)73-35-31-69-47(59)11-5)15-23-49(61)75-39-17-19-40(20-18-39)76-50(62)24-16-38-14-22-42(64-26-28-66-44(56)8-2)54(74-36-32-70-48(60)12-6)52(38)72-34-30-68-46(58)10-4/h7-24H,1-6,25-36H2/b23-15+,24-16+. The molecule has 0 aliphatic rings. The summed E-state index contributed by atoms with van der Waals surface area (Å²) >= 11 is 0. The van der Waals surface area contributed by atoms with Crippen LogP contribution in [0.1, 0.15) is 11.1 Å². The van der Waals surface area contributed by atoms with Crippen molar-refractivity contribution in [1.82, 2.24) is 0 Å². The molecule has 0 aliphatic carbocycles. The van der Waals surface area contributed by atoms with Gasteiger partial charge in [0.25, 0.3) is 0 Å². The molecule has 76 heavy (non-hydrogen) atoms. The molecule has 0 radical (unpaired) electrons. The molecular weight excluding hydrogens is 1000 g/mol. The monoisotopic (exact) mass is 1050 g/mol. The van der Waals surface area contributed by atoms with Gasteiger partial charge in [0.15, 0.2) is 23.0 Å². The normalized spacial score (nSPS) is 10.3. The van der Waals surface area contributed by atoms with Crippen molar-refractivity contribution in [3.8, 4) is 46.0 Å². The minimum atomic E-state index is -0.854. The Morgan fingerprint density at radius 3 is 0.816 bits per heavy atom. The maximum absolute atomic E-state index is 13.1. The molecule has 402 valence electrons. The van der Waals surface area contributed by atoms with E-state index in [0.717, 1.165) is 48.6 Å². The van der Waals surface area contributed by atoms with Crippen LogP contribution in [0.15, 0.2) is 137 Å². The summed E-state index contributed by atoms with van der Waals surface area (Å²) in [5.74, 6) is -5.57. The predicted molar refractivity (Wildman–Crippen MR) is 269 cm³/mol. The molecule has 3 rings (SSSR count). The highest BCUT2D eigenvalue weighted by Gasteiger charge is 2.21. The Hall–Kier alpha value is -9.86. The number of hydrogen-bond donors (Lipinski definition) is 0. The summed E-state index contributed by atoms with van der Waals surface area (Å²) in [5.41, 5.74) is 0.503. The summed E-state index contributed by atoms with van der Waals surface area (Å²) in [6, 6.07) is 11.4. The fourth-order valence-corrected chi connectivity index (χ4v) is 5.46. The van der Waals surface area contributed by atoms with E-state index in [1.165, 1.54) is 60.7 Å². The van der Waals surface area contributed by atoms with Crippen molar-refractivity contribution >= 4 is 59.9 Å². The summed E-state index contributed by atoms with van der Waals surface area (Å²) in [4.78, 5) is 95.9. The molecule has 0 amide bonds. The first kappa shape index (κ1) is 60.4. The van der Waals surface area contributed by atoms with E-state index in [1.807, 2.05) is 0 Å². The molecule has 3 aromatic rings. The van der Waals surface area contributed by atoms with Crippen molar-refractivity contribution in [3.63, 3.8) is 0 Å². The lowest BCUT2D eigenvalue weighted by molar-refractivity contribution is -0.139. The summed E-state index contributed by atoms with van der Waals surface area (Å²) in [5, 5.41) is 0. The van der Waals surface area contributed by atoms with Crippen LogP contribution in [-0.2, 0) is 66.8 Å². The largest absolute Gasteiger partial charge is 0.486 e. The Bertz CT molecular complexity index is 2450. The second-order valence-electron chi connectivity index (χ2n) is 13.9. The van der Waals surface area contributed by atoms with Crippen LogP contribution >= 0.6 is 0 Å². The second kappa shape index (κ2) is 34.5. The van der Waals surface area contributed by atoms with Gasteiger partial charge < -0.3 is 66.3 Å². The van der Waals surface area contributed by atoms with E-state index in [0.29, 0.717) is 0 Å². The minimum Gasteiger partial charge on any atom is -0.486 e. The molecule has 0 bridgehead atoms. The van der Waals surface area contributed by atoms with Gasteiger partial charge in [-0.3, -0.25) is 0 Å². The topological polar surface area (TPSA) is 266 Å². The number of esters is 8. The van der Waals surface area contributed by atoms with E-state index < -0.39 is 47.8 Å².